The van der Waals surface area contributed by atoms with Gasteiger partial charge in [-0.1, -0.05) is 11.6 Å². The quantitative estimate of drug-likeness (QED) is 0.454. The predicted molar refractivity (Wildman–Crippen MR) is 64.1 cm³/mol. The van der Waals surface area contributed by atoms with Crippen LogP contribution < -0.4 is 5.73 Å². The lowest BCUT2D eigenvalue weighted by molar-refractivity contribution is 0.0258. The molecule has 0 aliphatic rings. The Morgan fingerprint density at radius 2 is 2.12 bits per heavy atom. The lowest BCUT2D eigenvalue weighted by Crippen LogP contribution is -2.12. The fourth-order valence-electron chi connectivity index (χ4n) is 1.10. The van der Waals surface area contributed by atoms with Crippen molar-refractivity contribution in [3.63, 3.8) is 0 Å². The lowest BCUT2D eigenvalue weighted by atomic mass is 10.2. The van der Waals surface area contributed by atoms with E-state index in [1.165, 1.54) is 12.1 Å². The third-order valence-electron chi connectivity index (χ3n) is 1.93. The summed E-state index contributed by atoms with van der Waals surface area (Å²) in [5.74, 6) is -0.487. The Bertz CT molecular complexity index is 384. The van der Waals surface area contributed by atoms with Gasteiger partial charge in [-0.05, 0) is 18.2 Å². The molecular formula is C11H14ClNO4. The van der Waals surface area contributed by atoms with Crippen molar-refractivity contribution in [3.05, 3.63) is 28.8 Å². The van der Waals surface area contributed by atoms with Crippen LogP contribution in [0, 0.1) is 0 Å². The van der Waals surface area contributed by atoms with Gasteiger partial charge in [0.1, 0.15) is 6.61 Å². The molecule has 0 saturated carbocycles. The molecule has 0 fully saturated rings. The molecule has 0 heterocycles. The molecule has 0 atom stereocenters. The topological polar surface area (TPSA) is 81.8 Å². The monoisotopic (exact) mass is 259 g/mol. The molecule has 17 heavy (non-hydrogen) atoms. The highest BCUT2D eigenvalue weighted by molar-refractivity contribution is 6.33. The molecule has 0 amide bonds. The van der Waals surface area contributed by atoms with Gasteiger partial charge in [0.05, 0.1) is 36.1 Å². The van der Waals surface area contributed by atoms with Gasteiger partial charge in [0, 0.05) is 0 Å². The van der Waals surface area contributed by atoms with E-state index in [2.05, 4.69) is 0 Å². The highest BCUT2D eigenvalue weighted by Crippen LogP contribution is 2.19. The zero-order chi connectivity index (χ0) is 12.7. The average Bonchev–Trinajstić information content (AvgIpc) is 2.32. The molecule has 0 bridgehead atoms. The number of hydrogen-bond acceptors (Lipinski definition) is 5. The Kier molecular flexibility index (Phi) is 5.76. The molecule has 0 aliphatic carbocycles. The number of nitrogens with two attached hydrogens (primary N) is 1. The maximum atomic E-state index is 11.5. The van der Waals surface area contributed by atoms with Gasteiger partial charge in [-0.3, -0.25) is 0 Å². The SMILES string of the molecule is Nc1ccc(C(=O)OCCOCCO)cc1Cl. The Morgan fingerprint density at radius 3 is 2.76 bits per heavy atom. The first-order chi connectivity index (χ1) is 8.15. The molecule has 6 heteroatoms. The van der Waals surface area contributed by atoms with Gasteiger partial charge in [-0.15, -0.1) is 0 Å². The van der Waals surface area contributed by atoms with E-state index in [1.807, 2.05) is 0 Å². The maximum absolute atomic E-state index is 11.5. The molecule has 94 valence electrons. The first-order valence-electron chi connectivity index (χ1n) is 5.06. The number of ether oxygens (including phenoxy) is 2. The minimum absolute atomic E-state index is 0.0541. The first-order valence-corrected chi connectivity index (χ1v) is 5.43. The van der Waals surface area contributed by atoms with Crippen molar-refractivity contribution < 1.29 is 19.4 Å². The van der Waals surface area contributed by atoms with Gasteiger partial charge in [0.15, 0.2) is 0 Å². The van der Waals surface area contributed by atoms with E-state index in [-0.39, 0.29) is 26.4 Å². The molecule has 5 nitrogen and oxygen atoms in total. The van der Waals surface area contributed by atoms with Crippen LogP contribution in [-0.2, 0) is 9.47 Å². The second-order valence-electron chi connectivity index (χ2n) is 3.21. The molecule has 1 aromatic rings. The van der Waals surface area contributed by atoms with E-state index in [1.54, 1.807) is 6.07 Å². The number of carbonyl (C=O) groups excluding carboxylic acids is 1. The Hall–Kier alpha value is -1.30. The summed E-state index contributed by atoms with van der Waals surface area (Å²) in [6, 6.07) is 4.53. The number of anilines is 1. The van der Waals surface area contributed by atoms with E-state index in [9.17, 15) is 4.79 Å². The molecular weight excluding hydrogens is 246 g/mol. The molecule has 1 aromatic carbocycles. The highest BCUT2D eigenvalue weighted by atomic mass is 35.5. The van der Waals surface area contributed by atoms with Crippen LogP contribution in [0.25, 0.3) is 0 Å². The van der Waals surface area contributed by atoms with Crippen LogP contribution in [0.15, 0.2) is 18.2 Å². The van der Waals surface area contributed by atoms with Crippen molar-refractivity contribution in [2.75, 3.05) is 32.2 Å². The van der Waals surface area contributed by atoms with Crippen LogP contribution >= 0.6 is 11.6 Å². The molecule has 0 spiro atoms. The van der Waals surface area contributed by atoms with E-state index in [0.717, 1.165) is 0 Å². The third kappa shape index (κ3) is 4.60. The van der Waals surface area contributed by atoms with Gasteiger partial charge >= 0.3 is 5.97 Å². The van der Waals surface area contributed by atoms with Crippen molar-refractivity contribution in [1.82, 2.24) is 0 Å². The highest BCUT2D eigenvalue weighted by Gasteiger charge is 2.08. The average molecular weight is 260 g/mol. The number of esters is 1. The number of nitrogen functional groups attached to an aromatic ring is 1. The van der Waals surface area contributed by atoms with Crippen molar-refractivity contribution >= 4 is 23.3 Å². The van der Waals surface area contributed by atoms with Crippen molar-refractivity contribution in [3.8, 4) is 0 Å². The van der Waals surface area contributed by atoms with Crippen LogP contribution in [0.3, 0.4) is 0 Å². The fraction of sp³-hybridized carbons (Fsp3) is 0.364. The summed E-state index contributed by atoms with van der Waals surface area (Å²) in [6.07, 6.45) is 0. The van der Waals surface area contributed by atoms with Gasteiger partial charge < -0.3 is 20.3 Å². The third-order valence-corrected chi connectivity index (χ3v) is 2.26. The number of carbonyl (C=O) groups is 1. The smallest absolute Gasteiger partial charge is 0.338 e. The largest absolute Gasteiger partial charge is 0.460 e. The fourth-order valence-corrected chi connectivity index (χ4v) is 1.28. The molecule has 0 aliphatic heterocycles. The number of aliphatic hydroxyl groups excluding tert-OH is 1. The summed E-state index contributed by atoms with van der Waals surface area (Å²) in [7, 11) is 0. The lowest BCUT2D eigenvalue weighted by Gasteiger charge is -2.06. The van der Waals surface area contributed by atoms with Crippen LogP contribution in [0.4, 0.5) is 5.69 Å². The number of aliphatic hydroxyl groups is 1. The first kappa shape index (κ1) is 13.8. The zero-order valence-electron chi connectivity index (χ0n) is 9.19. The normalized spacial score (nSPS) is 10.2. The second-order valence-corrected chi connectivity index (χ2v) is 3.62. The van der Waals surface area contributed by atoms with E-state index < -0.39 is 5.97 Å². The second kappa shape index (κ2) is 7.11. The minimum Gasteiger partial charge on any atom is -0.460 e. The van der Waals surface area contributed by atoms with E-state index in [0.29, 0.717) is 16.3 Å². The Morgan fingerprint density at radius 1 is 1.35 bits per heavy atom. The molecule has 3 N–H and O–H groups in total. The summed E-state index contributed by atoms with van der Waals surface area (Å²) in [5.41, 5.74) is 6.27. The number of rotatable bonds is 6. The van der Waals surface area contributed by atoms with Crippen LogP contribution in [-0.4, -0.2) is 37.5 Å². The Labute approximate surface area is 104 Å². The maximum Gasteiger partial charge on any atom is 0.338 e. The van der Waals surface area contributed by atoms with Gasteiger partial charge in [-0.25, -0.2) is 4.79 Å². The minimum atomic E-state index is -0.487. The van der Waals surface area contributed by atoms with Gasteiger partial charge in [0.2, 0.25) is 0 Å². The standard InChI is InChI=1S/C11H14ClNO4/c12-9-7-8(1-2-10(9)13)11(15)17-6-5-16-4-3-14/h1-2,7,14H,3-6,13H2. The van der Waals surface area contributed by atoms with E-state index >= 15 is 0 Å². The molecule has 0 unspecified atom stereocenters. The number of benzene rings is 1. The van der Waals surface area contributed by atoms with Gasteiger partial charge in [0.25, 0.3) is 0 Å². The van der Waals surface area contributed by atoms with Gasteiger partial charge in [-0.2, -0.15) is 0 Å². The van der Waals surface area contributed by atoms with Crippen molar-refractivity contribution in [2.45, 2.75) is 0 Å². The molecule has 0 saturated heterocycles. The van der Waals surface area contributed by atoms with Crippen molar-refractivity contribution in [1.29, 1.82) is 0 Å². The van der Waals surface area contributed by atoms with Crippen LogP contribution in [0.1, 0.15) is 10.4 Å². The zero-order valence-corrected chi connectivity index (χ0v) is 9.94. The summed E-state index contributed by atoms with van der Waals surface area (Å²) in [5, 5.41) is 8.77. The summed E-state index contributed by atoms with van der Waals surface area (Å²) in [6.45, 7) is 0.544. The summed E-state index contributed by atoms with van der Waals surface area (Å²) in [4.78, 5) is 11.5. The molecule has 0 radical (unpaired) electrons. The van der Waals surface area contributed by atoms with Crippen molar-refractivity contribution in [2.24, 2.45) is 0 Å². The van der Waals surface area contributed by atoms with E-state index in [4.69, 9.17) is 31.9 Å². The van der Waals surface area contributed by atoms with Crippen LogP contribution in [0.5, 0.6) is 0 Å². The van der Waals surface area contributed by atoms with Crippen LogP contribution in [0.2, 0.25) is 5.02 Å². The number of hydrogen-bond donors (Lipinski definition) is 2. The predicted octanol–water partition coefficient (Wildman–Crippen LogP) is 1.09. The molecule has 1 rings (SSSR count). The summed E-state index contributed by atoms with van der Waals surface area (Å²) < 4.78 is 9.86. The summed E-state index contributed by atoms with van der Waals surface area (Å²) >= 11 is 5.78. The molecule has 0 aromatic heterocycles. The Balaban J connectivity index is 2.39. The number of halogens is 1.